The van der Waals surface area contributed by atoms with E-state index in [-0.39, 0.29) is 11.5 Å². The Morgan fingerprint density at radius 3 is 2.21 bits per heavy atom. The van der Waals surface area contributed by atoms with Gasteiger partial charge in [0.2, 0.25) is 0 Å². The first kappa shape index (κ1) is 18.6. The summed E-state index contributed by atoms with van der Waals surface area (Å²) in [4.78, 5) is 11.2. The van der Waals surface area contributed by atoms with Crippen LogP contribution in [0, 0.1) is 5.92 Å². The van der Waals surface area contributed by atoms with Crippen LogP contribution in [-0.4, -0.2) is 29.2 Å². The minimum atomic E-state index is -4.80. The van der Waals surface area contributed by atoms with Crippen molar-refractivity contribution in [1.29, 1.82) is 0 Å². The molecule has 2 rings (SSSR count). The minimum Gasteiger partial charge on any atom is -0.480 e. The maximum Gasteiger partial charge on any atom is 0.407 e. The summed E-state index contributed by atoms with van der Waals surface area (Å²) in [5.41, 5.74) is -0.221. The molecule has 24 heavy (non-hydrogen) atoms. The fourth-order valence-corrected chi connectivity index (χ4v) is 2.57. The lowest BCUT2D eigenvalue weighted by atomic mass is 10.00. The number of nitrogens with one attached hydrogen (secondary N) is 1. The summed E-state index contributed by atoms with van der Waals surface area (Å²) >= 11 is 0. The Bertz CT molecular complexity index is 557. The monoisotopic (exact) mass is 351 g/mol. The van der Waals surface area contributed by atoms with E-state index in [4.69, 9.17) is 5.11 Å². The molecule has 134 valence electrons. The second kappa shape index (κ2) is 7.04. The van der Waals surface area contributed by atoms with Crippen molar-refractivity contribution in [2.45, 2.75) is 49.9 Å². The number of halogens is 5. The lowest BCUT2D eigenvalue weighted by Gasteiger charge is -2.28. The molecule has 0 saturated heterocycles. The van der Waals surface area contributed by atoms with Gasteiger partial charge in [0.1, 0.15) is 12.1 Å². The molecule has 2 atom stereocenters. The predicted octanol–water partition coefficient (Wildman–Crippen LogP) is 4.16. The van der Waals surface area contributed by atoms with Crippen LogP contribution in [0.2, 0.25) is 0 Å². The molecule has 1 saturated carbocycles. The fourth-order valence-electron chi connectivity index (χ4n) is 2.57. The maximum atomic E-state index is 13.9. The van der Waals surface area contributed by atoms with Gasteiger partial charge in [0.25, 0.3) is 5.92 Å². The standard InChI is InChI=1S/C16H18F5NO2/c17-15(18,8-10-6-7-10)9-12(14(23)24)22-13(16(19,20)21)11-4-2-1-3-5-11/h1-5,10,12-13,22H,6-9H2,(H,23,24)/t12-,13-/m0/s1. The Labute approximate surface area is 135 Å². The molecule has 1 aromatic carbocycles. The van der Waals surface area contributed by atoms with Crippen LogP contribution < -0.4 is 5.32 Å². The number of benzene rings is 1. The van der Waals surface area contributed by atoms with Crippen molar-refractivity contribution in [2.75, 3.05) is 0 Å². The maximum absolute atomic E-state index is 13.9. The van der Waals surface area contributed by atoms with Crippen molar-refractivity contribution in [1.82, 2.24) is 5.32 Å². The first-order valence-corrected chi connectivity index (χ1v) is 7.57. The third kappa shape index (κ3) is 5.43. The molecule has 0 aliphatic heterocycles. The highest BCUT2D eigenvalue weighted by Crippen LogP contribution is 2.41. The number of carbonyl (C=O) groups is 1. The molecule has 0 radical (unpaired) electrons. The molecule has 0 bridgehead atoms. The van der Waals surface area contributed by atoms with Gasteiger partial charge in [-0.15, -0.1) is 0 Å². The van der Waals surface area contributed by atoms with Gasteiger partial charge >= 0.3 is 12.1 Å². The average molecular weight is 351 g/mol. The summed E-state index contributed by atoms with van der Waals surface area (Å²) in [6.45, 7) is 0. The molecule has 1 aliphatic carbocycles. The number of carboxylic acids is 1. The van der Waals surface area contributed by atoms with Gasteiger partial charge in [-0.1, -0.05) is 30.3 Å². The van der Waals surface area contributed by atoms with Gasteiger partial charge in [0.15, 0.2) is 0 Å². The highest BCUT2D eigenvalue weighted by Gasteiger charge is 2.46. The average Bonchev–Trinajstić information content (AvgIpc) is 3.25. The molecule has 2 N–H and O–H groups in total. The molecular weight excluding hydrogens is 333 g/mol. The van der Waals surface area contributed by atoms with E-state index in [2.05, 4.69) is 0 Å². The molecule has 0 unspecified atom stereocenters. The zero-order valence-electron chi connectivity index (χ0n) is 12.7. The largest absolute Gasteiger partial charge is 0.480 e. The molecule has 0 amide bonds. The molecule has 0 heterocycles. The smallest absolute Gasteiger partial charge is 0.407 e. The van der Waals surface area contributed by atoms with Crippen molar-refractivity contribution in [3.63, 3.8) is 0 Å². The van der Waals surface area contributed by atoms with Gasteiger partial charge in [-0.2, -0.15) is 13.2 Å². The Kier molecular flexibility index (Phi) is 5.47. The minimum absolute atomic E-state index is 0.165. The number of hydrogen-bond acceptors (Lipinski definition) is 2. The third-order valence-electron chi connectivity index (χ3n) is 3.91. The Morgan fingerprint density at radius 2 is 1.75 bits per heavy atom. The van der Waals surface area contributed by atoms with Crippen molar-refractivity contribution in [2.24, 2.45) is 5.92 Å². The van der Waals surface area contributed by atoms with E-state index in [1.807, 2.05) is 5.32 Å². The molecule has 0 aromatic heterocycles. The van der Waals surface area contributed by atoms with Crippen LogP contribution in [0.5, 0.6) is 0 Å². The number of aliphatic carboxylic acids is 1. The summed E-state index contributed by atoms with van der Waals surface area (Å²) in [5.74, 6) is -5.21. The fraction of sp³-hybridized carbons (Fsp3) is 0.562. The van der Waals surface area contributed by atoms with E-state index in [1.54, 1.807) is 0 Å². The van der Waals surface area contributed by atoms with Gasteiger partial charge < -0.3 is 5.11 Å². The second-order valence-corrected chi connectivity index (χ2v) is 6.15. The van der Waals surface area contributed by atoms with Crippen LogP contribution in [0.1, 0.15) is 37.3 Å². The van der Waals surface area contributed by atoms with Gasteiger partial charge in [0.05, 0.1) is 0 Å². The topological polar surface area (TPSA) is 49.3 Å². The van der Waals surface area contributed by atoms with Crippen molar-refractivity contribution >= 4 is 5.97 Å². The molecule has 0 spiro atoms. The predicted molar refractivity (Wildman–Crippen MR) is 76.7 cm³/mol. The number of carboxylic acid groups (broad SMARTS) is 1. The number of rotatable bonds is 8. The van der Waals surface area contributed by atoms with Crippen molar-refractivity contribution in [3.05, 3.63) is 35.9 Å². The molecule has 1 aliphatic rings. The van der Waals surface area contributed by atoms with Crippen LogP contribution in [0.25, 0.3) is 0 Å². The lowest BCUT2D eigenvalue weighted by molar-refractivity contribution is -0.166. The van der Waals surface area contributed by atoms with E-state index in [1.165, 1.54) is 30.3 Å². The van der Waals surface area contributed by atoms with Crippen LogP contribution in [0.15, 0.2) is 30.3 Å². The van der Waals surface area contributed by atoms with E-state index >= 15 is 0 Å². The Hall–Kier alpha value is -1.70. The highest BCUT2D eigenvalue weighted by molar-refractivity contribution is 5.73. The van der Waals surface area contributed by atoms with E-state index < -0.39 is 43.0 Å². The highest BCUT2D eigenvalue weighted by atomic mass is 19.4. The van der Waals surface area contributed by atoms with Gasteiger partial charge in [-0.3, -0.25) is 10.1 Å². The first-order chi connectivity index (χ1) is 11.1. The van der Waals surface area contributed by atoms with Gasteiger partial charge in [-0.25, -0.2) is 8.78 Å². The number of hydrogen-bond donors (Lipinski definition) is 2. The van der Waals surface area contributed by atoms with Crippen LogP contribution >= 0.6 is 0 Å². The van der Waals surface area contributed by atoms with E-state index in [9.17, 15) is 26.7 Å². The lowest BCUT2D eigenvalue weighted by Crippen LogP contribution is -2.47. The summed E-state index contributed by atoms with van der Waals surface area (Å²) in [6.07, 6.45) is -5.16. The quantitative estimate of drug-likeness (QED) is 0.692. The van der Waals surface area contributed by atoms with Crippen LogP contribution in [-0.2, 0) is 4.79 Å². The molecule has 8 heteroatoms. The van der Waals surface area contributed by atoms with Crippen molar-refractivity contribution in [3.8, 4) is 0 Å². The van der Waals surface area contributed by atoms with Gasteiger partial charge in [-0.05, 0) is 24.3 Å². The zero-order chi connectivity index (χ0) is 18.0. The molecule has 1 fully saturated rings. The normalized spacial score (nSPS) is 18.2. The summed E-state index contributed by atoms with van der Waals surface area (Å²) in [7, 11) is 0. The third-order valence-corrected chi connectivity index (χ3v) is 3.91. The SMILES string of the molecule is O=C(O)[C@H](CC(F)(F)CC1CC1)N[C@@H](c1ccccc1)C(F)(F)F. The first-order valence-electron chi connectivity index (χ1n) is 7.57. The van der Waals surface area contributed by atoms with Crippen LogP contribution in [0.3, 0.4) is 0 Å². The molecule has 1 aromatic rings. The van der Waals surface area contributed by atoms with Gasteiger partial charge in [0, 0.05) is 12.8 Å². The van der Waals surface area contributed by atoms with Crippen molar-refractivity contribution < 1.29 is 31.9 Å². The van der Waals surface area contributed by atoms with E-state index in [0.29, 0.717) is 12.8 Å². The number of alkyl halides is 5. The summed E-state index contributed by atoms with van der Waals surface area (Å²) in [6, 6.07) is 2.27. The zero-order valence-corrected chi connectivity index (χ0v) is 12.7. The second-order valence-electron chi connectivity index (χ2n) is 6.15. The molecule has 3 nitrogen and oxygen atoms in total. The summed E-state index contributed by atoms with van der Waals surface area (Å²) < 4.78 is 67.5. The van der Waals surface area contributed by atoms with Crippen LogP contribution in [0.4, 0.5) is 22.0 Å². The Balaban J connectivity index is 2.15. The Morgan fingerprint density at radius 1 is 1.17 bits per heavy atom. The molecular formula is C16H18F5NO2. The summed E-state index contributed by atoms with van der Waals surface area (Å²) in [5, 5.41) is 10.9. The van der Waals surface area contributed by atoms with E-state index in [0.717, 1.165) is 0 Å².